The van der Waals surface area contributed by atoms with Crippen LogP contribution in [0.2, 0.25) is 0 Å². The van der Waals surface area contributed by atoms with Crippen LogP contribution in [0.4, 0.5) is 0 Å². The summed E-state index contributed by atoms with van der Waals surface area (Å²) >= 11 is 0. The normalized spacial score (nSPS) is 11.0. The lowest BCUT2D eigenvalue weighted by Gasteiger charge is -2.12. The second-order valence-corrected chi connectivity index (χ2v) is 6.90. The van der Waals surface area contributed by atoms with Gasteiger partial charge in [0.05, 0.1) is 11.9 Å². The van der Waals surface area contributed by atoms with Crippen molar-refractivity contribution in [3.05, 3.63) is 108 Å². The second-order valence-electron chi connectivity index (χ2n) is 6.90. The predicted octanol–water partition coefficient (Wildman–Crippen LogP) is 4.92. The fourth-order valence-electron chi connectivity index (χ4n) is 3.27. The van der Waals surface area contributed by atoms with Crippen LogP contribution in [-0.2, 0) is 0 Å². The van der Waals surface area contributed by atoms with Crippen molar-refractivity contribution in [2.75, 3.05) is 0 Å². The summed E-state index contributed by atoms with van der Waals surface area (Å²) < 4.78 is 2.17. The average molecular weight is 395 g/mol. The maximum Gasteiger partial charge on any atom is 0.271 e. The van der Waals surface area contributed by atoms with Crippen molar-refractivity contribution in [1.82, 2.24) is 9.99 Å². The summed E-state index contributed by atoms with van der Waals surface area (Å²) in [6.07, 6.45) is 1.53. The van der Waals surface area contributed by atoms with Gasteiger partial charge in [-0.15, -0.1) is 0 Å². The van der Waals surface area contributed by atoms with Crippen LogP contribution < -0.4 is 5.43 Å². The number of phenolic OH excluding ortho intramolecular Hbond substituents is 1. The number of amides is 1. The van der Waals surface area contributed by atoms with Crippen molar-refractivity contribution >= 4 is 12.1 Å². The lowest BCUT2D eigenvalue weighted by molar-refractivity contribution is 0.0955. The molecule has 0 radical (unpaired) electrons. The first-order valence-electron chi connectivity index (χ1n) is 9.58. The van der Waals surface area contributed by atoms with Crippen LogP contribution in [0.25, 0.3) is 16.9 Å². The van der Waals surface area contributed by atoms with Gasteiger partial charge in [-0.2, -0.15) is 5.10 Å². The third-order valence-corrected chi connectivity index (χ3v) is 4.81. The summed E-state index contributed by atoms with van der Waals surface area (Å²) in [5.74, 6) is -0.103. The molecule has 0 spiro atoms. The second kappa shape index (κ2) is 8.49. The van der Waals surface area contributed by atoms with E-state index in [2.05, 4.69) is 46.3 Å². The predicted molar refractivity (Wildman–Crippen MR) is 119 cm³/mol. The molecule has 0 fully saturated rings. The highest BCUT2D eigenvalue weighted by atomic mass is 16.3. The van der Waals surface area contributed by atoms with Crippen molar-refractivity contribution in [3.63, 3.8) is 0 Å². The molecule has 0 atom stereocenters. The van der Waals surface area contributed by atoms with Crippen molar-refractivity contribution in [1.29, 1.82) is 0 Å². The molecule has 0 unspecified atom stereocenters. The third kappa shape index (κ3) is 4.15. The summed E-state index contributed by atoms with van der Waals surface area (Å²) in [5, 5.41) is 13.3. The molecule has 0 bridgehead atoms. The first-order valence-corrected chi connectivity index (χ1v) is 9.58. The van der Waals surface area contributed by atoms with E-state index in [0.717, 1.165) is 28.2 Å². The molecule has 0 aliphatic carbocycles. The van der Waals surface area contributed by atoms with Crippen LogP contribution >= 0.6 is 0 Å². The monoisotopic (exact) mass is 395 g/mol. The number of hydrazone groups is 1. The Balaban J connectivity index is 1.50. The number of nitrogens with one attached hydrogen (secondary N) is 1. The van der Waals surface area contributed by atoms with Gasteiger partial charge >= 0.3 is 0 Å². The highest BCUT2D eigenvalue weighted by molar-refractivity contribution is 5.95. The van der Waals surface area contributed by atoms with Gasteiger partial charge in [-0.25, -0.2) is 5.43 Å². The van der Waals surface area contributed by atoms with Crippen molar-refractivity contribution in [2.45, 2.75) is 6.92 Å². The number of phenols is 1. The molecule has 0 aliphatic rings. The lowest BCUT2D eigenvalue weighted by atomic mass is 10.1. The van der Waals surface area contributed by atoms with Gasteiger partial charge in [-0.05, 0) is 78.7 Å². The van der Waals surface area contributed by atoms with E-state index < -0.39 is 0 Å². The van der Waals surface area contributed by atoms with E-state index >= 15 is 0 Å². The number of carbonyl (C=O) groups excluding carboxylic acids is 1. The molecule has 1 aromatic heterocycles. The fourth-order valence-corrected chi connectivity index (χ4v) is 3.27. The minimum atomic E-state index is -0.288. The van der Waals surface area contributed by atoms with E-state index in [1.165, 1.54) is 6.21 Å². The van der Waals surface area contributed by atoms with E-state index in [0.29, 0.717) is 5.56 Å². The first-order chi connectivity index (χ1) is 14.6. The van der Waals surface area contributed by atoms with Crippen molar-refractivity contribution in [3.8, 4) is 22.7 Å². The van der Waals surface area contributed by atoms with Crippen LogP contribution in [0.5, 0.6) is 5.75 Å². The summed E-state index contributed by atoms with van der Waals surface area (Å²) in [5.41, 5.74) is 8.16. The number of hydrogen-bond donors (Lipinski definition) is 2. The molecule has 5 heteroatoms. The van der Waals surface area contributed by atoms with E-state index in [-0.39, 0.29) is 11.7 Å². The largest absolute Gasteiger partial charge is 0.508 e. The molecule has 4 aromatic rings. The summed E-state index contributed by atoms with van der Waals surface area (Å²) in [7, 11) is 0. The fraction of sp³-hybridized carbons (Fsp3) is 0.0400. The Morgan fingerprint density at radius 2 is 1.60 bits per heavy atom. The number of nitrogens with zero attached hydrogens (tertiary/aromatic N) is 2. The van der Waals surface area contributed by atoms with E-state index in [1.54, 1.807) is 36.4 Å². The average Bonchev–Trinajstić information content (AvgIpc) is 3.17. The standard InChI is InChI=1S/C25H21N3O2/c1-18-7-16-24(20-5-3-2-4-6-20)28(18)22-12-10-21(11-13-22)25(30)27-26-17-19-8-14-23(29)15-9-19/h2-17,29H,1H3,(H,27,30)/b26-17+. The Morgan fingerprint density at radius 1 is 0.900 bits per heavy atom. The SMILES string of the molecule is Cc1ccc(-c2ccccc2)n1-c1ccc(C(=O)N/N=C/c2ccc(O)cc2)cc1. The van der Waals surface area contributed by atoms with E-state index in [1.807, 2.05) is 30.3 Å². The molecule has 1 heterocycles. The van der Waals surface area contributed by atoms with Gasteiger partial charge in [-0.1, -0.05) is 30.3 Å². The zero-order valence-electron chi connectivity index (χ0n) is 16.5. The number of aromatic nitrogens is 1. The Bertz CT molecular complexity index is 1180. The quantitative estimate of drug-likeness (QED) is 0.372. The number of hydrogen-bond acceptors (Lipinski definition) is 3. The molecule has 0 saturated heterocycles. The van der Waals surface area contributed by atoms with Crippen LogP contribution in [0.3, 0.4) is 0 Å². The van der Waals surface area contributed by atoms with Gasteiger partial charge in [0.15, 0.2) is 0 Å². The molecule has 30 heavy (non-hydrogen) atoms. The minimum Gasteiger partial charge on any atom is -0.508 e. The lowest BCUT2D eigenvalue weighted by Crippen LogP contribution is -2.17. The van der Waals surface area contributed by atoms with Gasteiger partial charge in [0.1, 0.15) is 5.75 Å². The number of aromatic hydroxyl groups is 1. The van der Waals surface area contributed by atoms with Crippen LogP contribution in [0.1, 0.15) is 21.6 Å². The summed E-state index contributed by atoms with van der Waals surface area (Å²) in [4.78, 5) is 12.4. The minimum absolute atomic E-state index is 0.185. The van der Waals surface area contributed by atoms with E-state index in [4.69, 9.17) is 0 Å². The molecular weight excluding hydrogens is 374 g/mol. The van der Waals surface area contributed by atoms with Gasteiger partial charge in [-0.3, -0.25) is 4.79 Å². The number of carbonyl (C=O) groups is 1. The molecule has 2 N–H and O–H groups in total. The maximum atomic E-state index is 12.4. The van der Waals surface area contributed by atoms with Gasteiger partial charge < -0.3 is 9.67 Å². The highest BCUT2D eigenvalue weighted by Crippen LogP contribution is 2.26. The van der Waals surface area contributed by atoms with E-state index in [9.17, 15) is 9.90 Å². The Hall–Kier alpha value is -4.12. The zero-order valence-corrected chi connectivity index (χ0v) is 16.5. The highest BCUT2D eigenvalue weighted by Gasteiger charge is 2.10. The molecule has 148 valence electrons. The molecule has 1 amide bonds. The zero-order chi connectivity index (χ0) is 20.9. The van der Waals surface area contributed by atoms with Crippen LogP contribution in [0.15, 0.2) is 96.1 Å². The van der Waals surface area contributed by atoms with Crippen molar-refractivity contribution in [2.24, 2.45) is 5.10 Å². The van der Waals surface area contributed by atoms with Gasteiger partial charge in [0, 0.05) is 16.9 Å². The first kappa shape index (κ1) is 19.2. The number of benzene rings is 3. The molecule has 3 aromatic carbocycles. The molecule has 4 rings (SSSR count). The molecule has 0 saturated carbocycles. The molecular formula is C25H21N3O2. The summed E-state index contributed by atoms with van der Waals surface area (Å²) in [6, 6.07) is 28.4. The number of aryl methyl sites for hydroxylation is 1. The van der Waals surface area contributed by atoms with Crippen molar-refractivity contribution < 1.29 is 9.90 Å². The van der Waals surface area contributed by atoms with Crippen LogP contribution in [-0.4, -0.2) is 21.8 Å². The Kier molecular flexibility index (Phi) is 5.44. The molecule has 0 aliphatic heterocycles. The topological polar surface area (TPSA) is 66.6 Å². The Morgan fingerprint density at radius 3 is 2.30 bits per heavy atom. The van der Waals surface area contributed by atoms with Gasteiger partial charge in [0.2, 0.25) is 0 Å². The van der Waals surface area contributed by atoms with Gasteiger partial charge in [0.25, 0.3) is 5.91 Å². The number of rotatable bonds is 5. The van der Waals surface area contributed by atoms with Crippen LogP contribution in [0, 0.1) is 6.92 Å². The maximum absolute atomic E-state index is 12.4. The Labute approximate surface area is 174 Å². The third-order valence-electron chi connectivity index (χ3n) is 4.81. The summed E-state index contributed by atoms with van der Waals surface area (Å²) in [6.45, 7) is 2.06. The molecule has 5 nitrogen and oxygen atoms in total. The smallest absolute Gasteiger partial charge is 0.271 e.